The third-order valence-corrected chi connectivity index (χ3v) is 3.67. The number of pyridine rings is 1. The molecule has 6 heteroatoms. The quantitative estimate of drug-likeness (QED) is 0.703. The highest BCUT2D eigenvalue weighted by Crippen LogP contribution is 2.31. The minimum atomic E-state index is 0.455. The van der Waals surface area contributed by atoms with E-state index in [2.05, 4.69) is 26.8 Å². The molecule has 3 aromatic rings. The average Bonchev–Trinajstić information content (AvgIpc) is 2.59. The van der Waals surface area contributed by atoms with Gasteiger partial charge in [-0.05, 0) is 17.5 Å². The van der Waals surface area contributed by atoms with Crippen molar-refractivity contribution in [2.24, 2.45) is 0 Å². The Labute approximate surface area is 138 Å². The Bertz CT molecular complexity index is 877. The maximum absolute atomic E-state index is 7.20. The fourth-order valence-corrected chi connectivity index (χ4v) is 2.55. The summed E-state index contributed by atoms with van der Waals surface area (Å²) in [5.41, 5.74) is 3.19. The zero-order valence-electron chi connectivity index (χ0n) is 12.3. The number of benzene rings is 1. The van der Waals surface area contributed by atoms with Crippen molar-refractivity contribution in [3.05, 3.63) is 66.1 Å². The summed E-state index contributed by atoms with van der Waals surface area (Å²) in [5.74, 6) is 0. The van der Waals surface area contributed by atoms with Crippen LogP contribution in [0, 0.1) is 5.41 Å². The van der Waals surface area contributed by atoms with Crippen LogP contribution in [0.3, 0.4) is 0 Å². The van der Waals surface area contributed by atoms with Crippen molar-refractivity contribution in [1.82, 2.24) is 20.3 Å². The van der Waals surface area contributed by atoms with E-state index >= 15 is 0 Å². The predicted molar refractivity (Wildman–Crippen MR) is 92.5 cm³/mol. The fraction of sp³-hybridized carbons (Fsp3) is 0.0588. The van der Waals surface area contributed by atoms with Crippen LogP contribution in [0.1, 0.15) is 5.69 Å². The van der Waals surface area contributed by atoms with Crippen LogP contribution in [0.2, 0.25) is 5.02 Å². The number of nitrogens with zero attached hydrogens (tertiary/aromatic N) is 3. The molecule has 114 valence electrons. The molecule has 23 heavy (non-hydrogen) atoms. The second kappa shape index (κ2) is 6.54. The number of hydrogen-bond acceptors (Lipinski definition) is 5. The molecule has 0 unspecified atom stereocenters. The summed E-state index contributed by atoms with van der Waals surface area (Å²) in [5, 5.41) is 12.9. The molecule has 5 nitrogen and oxygen atoms in total. The molecule has 0 fully saturated rings. The van der Waals surface area contributed by atoms with Gasteiger partial charge in [0.2, 0.25) is 0 Å². The molecular formula is C17H14ClN5. The lowest BCUT2D eigenvalue weighted by atomic mass is 9.99. The molecule has 0 aliphatic rings. The van der Waals surface area contributed by atoms with E-state index in [0.717, 1.165) is 27.6 Å². The normalized spacial score (nSPS) is 10.5. The average molecular weight is 324 g/mol. The van der Waals surface area contributed by atoms with Gasteiger partial charge in [-0.3, -0.25) is 4.98 Å². The van der Waals surface area contributed by atoms with Gasteiger partial charge in [-0.15, -0.1) is 0 Å². The Hall–Kier alpha value is -2.79. The first-order chi connectivity index (χ1) is 11.2. The van der Waals surface area contributed by atoms with Crippen molar-refractivity contribution < 1.29 is 0 Å². The first-order valence-electron chi connectivity index (χ1n) is 6.95. The van der Waals surface area contributed by atoms with Gasteiger partial charge in [0.15, 0.2) is 0 Å². The Balaban J connectivity index is 2.17. The summed E-state index contributed by atoms with van der Waals surface area (Å²) < 4.78 is 0. The largest absolute Gasteiger partial charge is 0.379 e. The SMILES string of the molecule is C=C(C=N)NCc1ncc2cc(Cl)ccc2c1-c1cncnc1. The van der Waals surface area contributed by atoms with Crippen LogP contribution in [0.25, 0.3) is 21.9 Å². The molecule has 1 aromatic carbocycles. The molecule has 3 rings (SSSR count). The monoisotopic (exact) mass is 323 g/mol. The summed E-state index contributed by atoms with van der Waals surface area (Å²) in [6, 6.07) is 5.70. The van der Waals surface area contributed by atoms with Crippen LogP contribution in [0.15, 0.2) is 55.4 Å². The summed E-state index contributed by atoms with van der Waals surface area (Å²) in [6.07, 6.45) is 7.97. The highest BCUT2D eigenvalue weighted by molar-refractivity contribution is 6.31. The minimum Gasteiger partial charge on any atom is -0.379 e. The number of halogens is 1. The van der Waals surface area contributed by atoms with E-state index in [-0.39, 0.29) is 0 Å². The Morgan fingerprint density at radius 3 is 2.78 bits per heavy atom. The summed E-state index contributed by atoms with van der Waals surface area (Å²) in [7, 11) is 0. The second-order valence-electron chi connectivity index (χ2n) is 4.96. The molecule has 2 heterocycles. The standard InChI is InChI=1S/C17H14ClN5/c1-11(5-19)22-9-16-17(13-6-20-10-21-7-13)15-3-2-14(18)4-12(15)8-23-16/h2-8,10,19,22H,1,9H2. The Kier molecular flexibility index (Phi) is 4.30. The third-order valence-electron chi connectivity index (χ3n) is 3.44. The van der Waals surface area contributed by atoms with E-state index in [4.69, 9.17) is 17.0 Å². The zero-order chi connectivity index (χ0) is 16.2. The van der Waals surface area contributed by atoms with Crippen LogP contribution < -0.4 is 5.32 Å². The second-order valence-corrected chi connectivity index (χ2v) is 5.40. The number of allylic oxidation sites excluding steroid dienone is 1. The smallest absolute Gasteiger partial charge is 0.115 e. The van der Waals surface area contributed by atoms with E-state index in [1.807, 2.05) is 18.2 Å². The number of hydrogen-bond donors (Lipinski definition) is 2. The molecule has 0 atom stereocenters. The summed E-state index contributed by atoms with van der Waals surface area (Å²) >= 11 is 6.08. The van der Waals surface area contributed by atoms with E-state index in [0.29, 0.717) is 17.3 Å². The van der Waals surface area contributed by atoms with Crippen molar-refractivity contribution in [1.29, 1.82) is 5.41 Å². The van der Waals surface area contributed by atoms with Gasteiger partial charge in [0, 0.05) is 52.0 Å². The van der Waals surface area contributed by atoms with E-state index in [1.165, 1.54) is 12.5 Å². The van der Waals surface area contributed by atoms with Crippen LogP contribution in [-0.4, -0.2) is 21.2 Å². The maximum atomic E-state index is 7.20. The number of rotatable bonds is 5. The van der Waals surface area contributed by atoms with Crippen molar-refractivity contribution in [2.75, 3.05) is 0 Å². The van der Waals surface area contributed by atoms with Gasteiger partial charge in [-0.25, -0.2) is 9.97 Å². The van der Waals surface area contributed by atoms with Gasteiger partial charge in [0.05, 0.1) is 12.2 Å². The van der Waals surface area contributed by atoms with Gasteiger partial charge >= 0.3 is 0 Å². The first kappa shape index (κ1) is 15.1. The number of nitrogens with one attached hydrogen (secondary N) is 2. The Morgan fingerprint density at radius 1 is 1.26 bits per heavy atom. The fourth-order valence-electron chi connectivity index (χ4n) is 2.37. The van der Waals surface area contributed by atoms with Crippen molar-refractivity contribution in [3.8, 4) is 11.1 Å². The van der Waals surface area contributed by atoms with Gasteiger partial charge < -0.3 is 10.7 Å². The zero-order valence-corrected chi connectivity index (χ0v) is 13.0. The molecule has 0 saturated carbocycles. The van der Waals surface area contributed by atoms with Crippen LogP contribution in [0.5, 0.6) is 0 Å². The van der Waals surface area contributed by atoms with E-state index < -0.39 is 0 Å². The van der Waals surface area contributed by atoms with Crippen molar-refractivity contribution in [3.63, 3.8) is 0 Å². The van der Waals surface area contributed by atoms with Crippen LogP contribution in [0.4, 0.5) is 0 Å². The lowest BCUT2D eigenvalue weighted by Crippen LogP contribution is -2.14. The molecule has 0 bridgehead atoms. The Morgan fingerprint density at radius 2 is 2.04 bits per heavy atom. The molecule has 0 saturated heterocycles. The van der Waals surface area contributed by atoms with Crippen molar-refractivity contribution >= 4 is 28.6 Å². The molecule has 0 aliphatic heterocycles. The molecule has 2 N–H and O–H groups in total. The number of aromatic nitrogens is 3. The minimum absolute atomic E-state index is 0.455. The van der Waals surface area contributed by atoms with E-state index in [1.54, 1.807) is 18.6 Å². The van der Waals surface area contributed by atoms with Crippen LogP contribution >= 0.6 is 11.6 Å². The molecule has 0 amide bonds. The third kappa shape index (κ3) is 3.19. The summed E-state index contributed by atoms with van der Waals surface area (Å²) in [4.78, 5) is 12.7. The van der Waals surface area contributed by atoms with Gasteiger partial charge in [0.1, 0.15) is 6.33 Å². The highest BCUT2D eigenvalue weighted by atomic mass is 35.5. The molecule has 0 aliphatic carbocycles. The number of fused-ring (bicyclic) bond motifs is 1. The lowest BCUT2D eigenvalue weighted by Gasteiger charge is -2.13. The molecule has 2 aromatic heterocycles. The van der Waals surface area contributed by atoms with Gasteiger partial charge in [0.25, 0.3) is 0 Å². The topological polar surface area (TPSA) is 74.6 Å². The predicted octanol–water partition coefficient (Wildman–Crippen LogP) is 3.60. The van der Waals surface area contributed by atoms with Gasteiger partial charge in [-0.1, -0.05) is 24.2 Å². The van der Waals surface area contributed by atoms with Gasteiger partial charge in [-0.2, -0.15) is 0 Å². The highest BCUT2D eigenvalue weighted by Gasteiger charge is 2.12. The maximum Gasteiger partial charge on any atom is 0.115 e. The molecular weight excluding hydrogens is 310 g/mol. The lowest BCUT2D eigenvalue weighted by molar-refractivity contribution is 0.823. The molecule has 0 spiro atoms. The van der Waals surface area contributed by atoms with E-state index in [9.17, 15) is 0 Å². The van der Waals surface area contributed by atoms with Crippen LogP contribution in [-0.2, 0) is 6.54 Å². The summed E-state index contributed by atoms with van der Waals surface area (Å²) in [6.45, 7) is 4.20. The first-order valence-corrected chi connectivity index (χ1v) is 7.32. The van der Waals surface area contributed by atoms with Crippen molar-refractivity contribution in [2.45, 2.75) is 6.54 Å². The molecule has 0 radical (unpaired) electrons.